The molecule has 1 aromatic carbocycles. The molecule has 172 valence electrons. The third kappa shape index (κ3) is 6.91. The van der Waals surface area contributed by atoms with Crippen LogP contribution in [0.3, 0.4) is 0 Å². The van der Waals surface area contributed by atoms with Gasteiger partial charge in [0.2, 0.25) is 5.82 Å². The van der Waals surface area contributed by atoms with Gasteiger partial charge in [0.25, 0.3) is 0 Å². The van der Waals surface area contributed by atoms with Gasteiger partial charge in [-0.25, -0.2) is 4.39 Å². The summed E-state index contributed by atoms with van der Waals surface area (Å²) in [7, 11) is 0. The van der Waals surface area contributed by atoms with E-state index in [-0.39, 0.29) is 11.3 Å². The zero-order valence-electron chi connectivity index (χ0n) is 18.9. The molecule has 3 nitrogen and oxygen atoms in total. The van der Waals surface area contributed by atoms with Gasteiger partial charge in [-0.05, 0) is 87.7 Å². The monoisotopic (exact) mass is 433 g/mol. The van der Waals surface area contributed by atoms with Crippen LogP contribution in [-0.2, 0) is 4.74 Å². The minimum Gasteiger partial charge on any atom is -0.490 e. The number of nitriles is 1. The van der Waals surface area contributed by atoms with Crippen LogP contribution in [0.1, 0.15) is 89.5 Å². The zero-order chi connectivity index (χ0) is 22.1. The van der Waals surface area contributed by atoms with Gasteiger partial charge in [-0.1, -0.05) is 26.2 Å². The maximum absolute atomic E-state index is 14.0. The summed E-state index contributed by atoms with van der Waals surface area (Å²) in [5.41, 5.74) is -0.290. The molecule has 0 amide bonds. The molecular formula is C26H37F2NO2. The van der Waals surface area contributed by atoms with Crippen LogP contribution in [0.15, 0.2) is 12.1 Å². The predicted molar refractivity (Wildman–Crippen MR) is 118 cm³/mol. The molecule has 31 heavy (non-hydrogen) atoms. The first-order chi connectivity index (χ1) is 15.1. The zero-order valence-corrected chi connectivity index (χ0v) is 18.9. The lowest BCUT2D eigenvalue weighted by molar-refractivity contribution is 0.00471. The van der Waals surface area contributed by atoms with Crippen molar-refractivity contribution in [2.45, 2.75) is 90.1 Å². The van der Waals surface area contributed by atoms with E-state index >= 15 is 0 Å². The summed E-state index contributed by atoms with van der Waals surface area (Å²) >= 11 is 0. The average molecular weight is 434 g/mol. The molecule has 1 aromatic rings. The van der Waals surface area contributed by atoms with Gasteiger partial charge in [-0.3, -0.25) is 0 Å². The Morgan fingerprint density at radius 1 is 0.903 bits per heavy atom. The predicted octanol–water partition coefficient (Wildman–Crippen LogP) is 7.18. The molecule has 3 rings (SSSR count). The molecule has 2 fully saturated rings. The molecule has 0 heterocycles. The standard InChI is InChI=1S/C26H37F2NO2/c1-2-3-4-5-16-30-23-13-10-21(11-14-23)20-8-6-19(7-9-20)18-31-24-15-12-22(17-29)25(27)26(24)28/h12,15,19-21,23H,2-11,13-14,16,18H2,1H3/t19-,20-,21-,23-. The van der Waals surface area contributed by atoms with Crippen LogP contribution >= 0.6 is 0 Å². The fraction of sp³-hybridized carbons (Fsp3) is 0.731. The van der Waals surface area contributed by atoms with Crippen molar-refractivity contribution < 1.29 is 18.3 Å². The quantitative estimate of drug-likeness (QED) is 0.367. The molecule has 0 radical (unpaired) electrons. The van der Waals surface area contributed by atoms with E-state index in [1.165, 1.54) is 76.3 Å². The molecule has 0 N–H and O–H groups in total. The number of hydrogen-bond acceptors (Lipinski definition) is 3. The third-order valence-corrected chi connectivity index (χ3v) is 7.27. The number of rotatable bonds is 10. The number of halogens is 2. The highest BCUT2D eigenvalue weighted by Crippen LogP contribution is 2.40. The summed E-state index contributed by atoms with van der Waals surface area (Å²) in [5.74, 6) is -0.289. The van der Waals surface area contributed by atoms with Gasteiger partial charge in [-0.2, -0.15) is 9.65 Å². The SMILES string of the molecule is CCCCCCO[C@H]1CC[C@H]([C@H]2CC[C@H](COc3ccc(C#N)c(F)c3F)CC2)CC1. The molecule has 0 aromatic heterocycles. The first kappa shape index (κ1) is 24.0. The van der Waals surface area contributed by atoms with E-state index in [0.29, 0.717) is 18.6 Å². The highest BCUT2D eigenvalue weighted by atomic mass is 19.2. The molecule has 0 aliphatic heterocycles. The van der Waals surface area contributed by atoms with E-state index in [9.17, 15) is 8.78 Å². The largest absolute Gasteiger partial charge is 0.490 e. The first-order valence-electron chi connectivity index (χ1n) is 12.2. The minimum absolute atomic E-state index is 0.0911. The Balaban J connectivity index is 1.33. The molecule has 0 spiro atoms. The molecule has 2 aliphatic carbocycles. The fourth-order valence-electron chi connectivity index (χ4n) is 5.27. The van der Waals surface area contributed by atoms with E-state index < -0.39 is 11.6 Å². The first-order valence-corrected chi connectivity index (χ1v) is 12.2. The summed E-state index contributed by atoms with van der Waals surface area (Å²) in [6, 6.07) is 4.27. The molecule has 0 unspecified atom stereocenters. The van der Waals surface area contributed by atoms with E-state index in [1.54, 1.807) is 6.07 Å². The average Bonchev–Trinajstić information content (AvgIpc) is 2.81. The lowest BCUT2D eigenvalue weighted by Gasteiger charge is -2.37. The fourth-order valence-corrected chi connectivity index (χ4v) is 5.27. The summed E-state index contributed by atoms with van der Waals surface area (Å²) in [4.78, 5) is 0. The van der Waals surface area contributed by atoms with Crippen molar-refractivity contribution in [2.75, 3.05) is 13.2 Å². The minimum atomic E-state index is -1.12. The Hall–Kier alpha value is -1.67. The van der Waals surface area contributed by atoms with Crippen molar-refractivity contribution in [3.63, 3.8) is 0 Å². The van der Waals surface area contributed by atoms with E-state index in [0.717, 1.165) is 31.3 Å². The van der Waals surface area contributed by atoms with Gasteiger partial charge < -0.3 is 9.47 Å². The highest BCUT2D eigenvalue weighted by Gasteiger charge is 2.31. The smallest absolute Gasteiger partial charge is 0.201 e. The van der Waals surface area contributed by atoms with Crippen LogP contribution in [0, 0.1) is 40.7 Å². The van der Waals surface area contributed by atoms with Gasteiger partial charge in [-0.15, -0.1) is 0 Å². The van der Waals surface area contributed by atoms with Crippen molar-refractivity contribution in [3.05, 3.63) is 29.3 Å². The number of unbranched alkanes of at least 4 members (excludes halogenated alkanes) is 3. The summed E-state index contributed by atoms with van der Waals surface area (Å²) in [6.45, 7) is 3.57. The lowest BCUT2D eigenvalue weighted by Crippen LogP contribution is -2.29. The number of hydrogen-bond donors (Lipinski definition) is 0. The lowest BCUT2D eigenvalue weighted by atomic mass is 9.71. The van der Waals surface area contributed by atoms with Crippen molar-refractivity contribution in [1.82, 2.24) is 0 Å². The van der Waals surface area contributed by atoms with Gasteiger partial charge in [0.1, 0.15) is 6.07 Å². The van der Waals surface area contributed by atoms with Crippen LogP contribution in [0.2, 0.25) is 0 Å². The molecule has 5 heteroatoms. The second-order valence-corrected chi connectivity index (χ2v) is 9.41. The van der Waals surface area contributed by atoms with Gasteiger partial charge in [0.05, 0.1) is 18.3 Å². The van der Waals surface area contributed by atoms with Crippen molar-refractivity contribution >= 4 is 0 Å². The van der Waals surface area contributed by atoms with E-state index in [2.05, 4.69) is 6.92 Å². The van der Waals surface area contributed by atoms with Crippen molar-refractivity contribution in [1.29, 1.82) is 5.26 Å². The Morgan fingerprint density at radius 2 is 1.58 bits per heavy atom. The second kappa shape index (κ2) is 12.4. The van der Waals surface area contributed by atoms with Gasteiger partial charge in [0, 0.05) is 6.61 Å². The van der Waals surface area contributed by atoms with Crippen LogP contribution in [-0.4, -0.2) is 19.3 Å². The maximum Gasteiger partial charge on any atom is 0.201 e. The number of nitrogens with zero attached hydrogens (tertiary/aromatic N) is 1. The van der Waals surface area contributed by atoms with Crippen molar-refractivity contribution in [3.8, 4) is 11.8 Å². The van der Waals surface area contributed by atoms with Crippen LogP contribution in [0.4, 0.5) is 8.78 Å². The van der Waals surface area contributed by atoms with Crippen LogP contribution in [0.25, 0.3) is 0 Å². The maximum atomic E-state index is 14.0. The van der Waals surface area contributed by atoms with Gasteiger partial charge >= 0.3 is 0 Å². The Morgan fingerprint density at radius 3 is 2.23 bits per heavy atom. The van der Waals surface area contributed by atoms with E-state index in [1.807, 2.05) is 0 Å². The molecule has 2 saturated carbocycles. The Labute approximate surface area is 186 Å². The molecule has 0 saturated heterocycles. The third-order valence-electron chi connectivity index (χ3n) is 7.27. The molecule has 0 atom stereocenters. The highest BCUT2D eigenvalue weighted by molar-refractivity contribution is 5.37. The van der Waals surface area contributed by atoms with Gasteiger partial charge in [0.15, 0.2) is 11.6 Å². The normalized spacial score (nSPS) is 26.4. The summed E-state index contributed by atoms with van der Waals surface area (Å²) in [5, 5.41) is 8.78. The van der Waals surface area contributed by atoms with Crippen molar-refractivity contribution in [2.24, 2.45) is 17.8 Å². The molecule has 0 bridgehead atoms. The number of ether oxygens (including phenoxy) is 2. The number of benzene rings is 1. The molecule has 2 aliphatic rings. The van der Waals surface area contributed by atoms with Crippen LogP contribution in [0.5, 0.6) is 5.75 Å². The van der Waals surface area contributed by atoms with E-state index in [4.69, 9.17) is 14.7 Å². The summed E-state index contributed by atoms with van der Waals surface area (Å²) in [6.07, 6.45) is 15.0. The summed E-state index contributed by atoms with van der Waals surface area (Å²) < 4.78 is 39.4. The molecular weight excluding hydrogens is 396 g/mol. The second-order valence-electron chi connectivity index (χ2n) is 9.41. The van der Waals surface area contributed by atoms with Crippen LogP contribution < -0.4 is 4.74 Å². The Bertz CT molecular complexity index is 717. The topological polar surface area (TPSA) is 42.2 Å². The Kier molecular flexibility index (Phi) is 9.58.